The second kappa shape index (κ2) is 4.03. The topological polar surface area (TPSA) is 43.3 Å². The summed E-state index contributed by atoms with van der Waals surface area (Å²) < 4.78 is 77.3. The van der Waals surface area contributed by atoms with Gasteiger partial charge in [0.2, 0.25) is 0 Å². The van der Waals surface area contributed by atoms with Crippen LogP contribution < -0.4 is 0 Å². The van der Waals surface area contributed by atoms with Crippen LogP contribution in [0.1, 0.15) is 0 Å². The van der Waals surface area contributed by atoms with E-state index in [2.05, 4.69) is 19.2 Å². The molecular weight excluding hydrogens is 255 g/mol. The Morgan fingerprint density at radius 3 is 1.82 bits per heavy atom. The van der Waals surface area contributed by atoms with Crippen LogP contribution in [0.3, 0.4) is 0 Å². The Kier molecular flexibility index (Phi) is 3.34. The number of hydrogen-bond donors (Lipinski definition) is 0. The van der Waals surface area contributed by atoms with E-state index in [1.165, 1.54) is 0 Å². The van der Waals surface area contributed by atoms with Crippen molar-refractivity contribution in [2.45, 2.75) is 18.4 Å². The first-order valence-electron chi connectivity index (χ1n) is 4.15. The van der Waals surface area contributed by atoms with Crippen molar-refractivity contribution in [3.8, 4) is 0 Å². The van der Waals surface area contributed by atoms with Crippen LogP contribution in [-0.4, -0.2) is 50.5 Å². The molecule has 0 saturated heterocycles. The molecule has 0 unspecified atom stereocenters. The molecule has 17 heavy (non-hydrogen) atoms. The van der Waals surface area contributed by atoms with Crippen molar-refractivity contribution in [3.05, 3.63) is 0 Å². The Morgan fingerprint density at radius 2 is 1.59 bits per heavy atom. The lowest BCUT2D eigenvalue weighted by Crippen LogP contribution is -2.61. The van der Waals surface area contributed by atoms with Crippen LogP contribution in [0.25, 0.3) is 0 Å². The van der Waals surface area contributed by atoms with Gasteiger partial charge in [0.05, 0.1) is 7.11 Å². The maximum absolute atomic E-state index is 13.4. The number of rotatable bonds is 2. The van der Waals surface area contributed by atoms with Gasteiger partial charge >= 0.3 is 18.4 Å². The van der Waals surface area contributed by atoms with Crippen LogP contribution in [0.15, 0.2) is 4.99 Å². The number of ether oxygens (including phenoxy) is 3. The fraction of sp³-hybridized carbons (Fsp3) is 0.857. The fourth-order valence-corrected chi connectivity index (χ4v) is 1.36. The van der Waals surface area contributed by atoms with Crippen LogP contribution >= 0.6 is 0 Å². The third kappa shape index (κ3) is 1.96. The lowest BCUT2D eigenvalue weighted by atomic mass is 10.5. The van der Waals surface area contributed by atoms with Gasteiger partial charge in [-0.2, -0.15) is 26.9 Å². The van der Waals surface area contributed by atoms with E-state index in [1.54, 1.807) is 0 Å². The number of halogens is 5. The van der Waals surface area contributed by atoms with Crippen molar-refractivity contribution in [1.29, 1.82) is 0 Å². The summed E-state index contributed by atoms with van der Waals surface area (Å²) in [6, 6.07) is -7.51. The molecule has 0 aromatic rings. The van der Waals surface area contributed by atoms with E-state index in [4.69, 9.17) is 0 Å². The molecule has 0 aliphatic carbocycles. The minimum atomic E-state index is -5.43. The van der Waals surface area contributed by atoms with E-state index in [0.717, 1.165) is 21.3 Å². The predicted octanol–water partition coefficient (Wildman–Crippen LogP) is 1.36. The van der Waals surface area contributed by atoms with Gasteiger partial charge in [0.25, 0.3) is 5.90 Å². The van der Waals surface area contributed by atoms with E-state index >= 15 is 0 Å². The van der Waals surface area contributed by atoms with Crippen molar-refractivity contribution in [3.63, 3.8) is 0 Å². The van der Waals surface area contributed by atoms with E-state index in [-0.39, 0.29) is 0 Å². The highest BCUT2D eigenvalue weighted by Gasteiger charge is 2.72. The van der Waals surface area contributed by atoms with Crippen molar-refractivity contribution in [2.75, 3.05) is 21.3 Å². The van der Waals surface area contributed by atoms with Gasteiger partial charge in [-0.15, -0.1) is 0 Å². The maximum atomic E-state index is 13.4. The minimum Gasteiger partial charge on any atom is -0.479 e. The van der Waals surface area contributed by atoms with E-state index in [1.807, 2.05) is 0 Å². The van der Waals surface area contributed by atoms with Gasteiger partial charge in [0.1, 0.15) is 0 Å². The summed E-state index contributed by atoms with van der Waals surface area (Å²) in [5, 5.41) is 0. The molecule has 100 valence electrons. The summed E-state index contributed by atoms with van der Waals surface area (Å²) in [5.74, 6) is -1.45. The molecule has 10 heteroatoms. The Morgan fingerprint density at radius 1 is 1.12 bits per heavy atom. The molecule has 0 atom stereocenters. The van der Waals surface area contributed by atoms with Crippen LogP contribution in [0.2, 0.25) is 0 Å². The van der Waals surface area contributed by atoms with Crippen LogP contribution in [0.5, 0.6) is 0 Å². The molecule has 0 radical (unpaired) electrons. The first kappa shape index (κ1) is 14.1. The SMILES string of the molecule is COC1=NC(OC)(OC)N(C(F)(F)F)C1(F)F. The zero-order valence-corrected chi connectivity index (χ0v) is 9.01. The molecule has 0 bridgehead atoms. The largest absolute Gasteiger partial charge is 0.479 e. The summed E-state index contributed by atoms with van der Waals surface area (Å²) in [6.45, 7) is 0. The summed E-state index contributed by atoms with van der Waals surface area (Å²) in [5.41, 5.74) is 0. The zero-order valence-electron chi connectivity index (χ0n) is 9.01. The number of methoxy groups -OCH3 is 3. The highest BCUT2D eigenvalue weighted by Crippen LogP contribution is 2.46. The van der Waals surface area contributed by atoms with Crippen LogP contribution in [0, 0.1) is 0 Å². The third-order valence-corrected chi connectivity index (χ3v) is 2.04. The number of hydrogen-bond acceptors (Lipinski definition) is 5. The molecule has 1 aliphatic heterocycles. The Bertz CT molecular complexity index is 326. The second-order valence-electron chi connectivity index (χ2n) is 2.92. The van der Waals surface area contributed by atoms with Gasteiger partial charge in [0, 0.05) is 14.2 Å². The number of aliphatic imine (C=N–C) groups is 1. The molecular formula is C7H9F5N2O3. The average molecular weight is 264 g/mol. The first-order chi connectivity index (χ1) is 7.65. The molecule has 0 spiro atoms. The number of alkyl halides is 5. The number of nitrogens with zero attached hydrogens (tertiary/aromatic N) is 2. The van der Waals surface area contributed by atoms with Gasteiger partial charge in [-0.3, -0.25) is 0 Å². The maximum Gasteiger partial charge on any atom is 0.471 e. The summed E-state index contributed by atoms with van der Waals surface area (Å²) in [7, 11) is 2.27. The standard InChI is InChI=1S/C7H9F5N2O3/c1-15-4-5(8,9)14(6(10,11)12)7(13-4,16-2)17-3/h1-3H3. The molecule has 1 heterocycles. The van der Waals surface area contributed by atoms with Crippen molar-refractivity contribution >= 4 is 5.90 Å². The lowest BCUT2D eigenvalue weighted by Gasteiger charge is -2.35. The third-order valence-electron chi connectivity index (χ3n) is 2.04. The molecule has 1 rings (SSSR count). The Hall–Kier alpha value is -1.00. The van der Waals surface area contributed by atoms with Gasteiger partial charge in [0.15, 0.2) is 0 Å². The lowest BCUT2D eigenvalue weighted by molar-refractivity contribution is -0.427. The van der Waals surface area contributed by atoms with Crippen molar-refractivity contribution in [2.24, 2.45) is 4.99 Å². The van der Waals surface area contributed by atoms with Gasteiger partial charge in [-0.25, -0.2) is 0 Å². The van der Waals surface area contributed by atoms with E-state index < -0.39 is 29.2 Å². The highest BCUT2D eigenvalue weighted by atomic mass is 19.4. The molecule has 0 fully saturated rings. The molecule has 0 amide bonds. The van der Waals surface area contributed by atoms with E-state index in [0.29, 0.717) is 0 Å². The summed E-state index contributed by atoms with van der Waals surface area (Å²) >= 11 is 0. The summed E-state index contributed by atoms with van der Waals surface area (Å²) in [4.78, 5) is 1.71. The fourth-order valence-electron chi connectivity index (χ4n) is 1.36. The monoisotopic (exact) mass is 264 g/mol. The quantitative estimate of drug-likeness (QED) is 0.429. The van der Waals surface area contributed by atoms with Crippen molar-refractivity contribution in [1.82, 2.24) is 4.90 Å². The Labute approximate surface area is 92.7 Å². The highest BCUT2D eigenvalue weighted by molar-refractivity contribution is 5.85. The van der Waals surface area contributed by atoms with Crippen molar-refractivity contribution < 1.29 is 36.2 Å². The average Bonchev–Trinajstić information content (AvgIpc) is 2.45. The molecule has 0 aromatic carbocycles. The Balaban J connectivity index is 3.34. The smallest absolute Gasteiger partial charge is 0.471 e. The molecule has 0 saturated carbocycles. The molecule has 0 N–H and O–H groups in total. The minimum absolute atomic E-state index is 0.750. The zero-order chi connectivity index (χ0) is 13.5. The molecule has 0 aromatic heterocycles. The van der Waals surface area contributed by atoms with Gasteiger partial charge < -0.3 is 14.2 Å². The second-order valence-corrected chi connectivity index (χ2v) is 2.92. The predicted molar refractivity (Wildman–Crippen MR) is 44.0 cm³/mol. The summed E-state index contributed by atoms with van der Waals surface area (Å²) in [6.07, 6.45) is -5.43. The first-order valence-corrected chi connectivity index (χ1v) is 4.15. The van der Waals surface area contributed by atoms with Crippen LogP contribution in [-0.2, 0) is 14.2 Å². The van der Waals surface area contributed by atoms with Gasteiger partial charge in [-0.1, -0.05) is 4.90 Å². The van der Waals surface area contributed by atoms with Gasteiger partial charge in [-0.05, 0) is 0 Å². The molecule has 1 aliphatic rings. The van der Waals surface area contributed by atoms with E-state index in [9.17, 15) is 22.0 Å². The normalized spacial score (nSPS) is 23.6. The van der Waals surface area contributed by atoms with Crippen LogP contribution in [0.4, 0.5) is 22.0 Å². The molecule has 5 nitrogen and oxygen atoms in total.